The van der Waals surface area contributed by atoms with E-state index < -0.39 is 6.10 Å². The number of aliphatic hydroxyl groups excluding tert-OH is 1. The summed E-state index contributed by atoms with van der Waals surface area (Å²) in [6, 6.07) is 25.4. The summed E-state index contributed by atoms with van der Waals surface area (Å²) in [7, 11) is 0. The minimum absolute atomic E-state index is 0.0485. The van der Waals surface area contributed by atoms with Gasteiger partial charge < -0.3 is 19.3 Å². The number of fused-ring (bicyclic) bond motifs is 1. The quantitative estimate of drug-likeness (QED) is 0.464. The van der Waals surface area contributed by atoms with Gasteiger partial charge in [0.05, 0.1) is 17.6 Å². The molecule has 0 radical (unpaired) electrons. The van der Waals surface area contributed by atoms with E-state index in [-0.39, 0.29) is 18.4 Å². The van der Waals surface area contributed by atoms with Crippen LogP contribution >= 0.6 is 0 Å². The predicted octanol–water partition coefficient (Wildman–Crippen LogP) is 4.31. The van der Waals surface area contributed by atoms with Crippen molar-refractivity contribution in [1.29, 1.82) is 0 Å². The average molecular weight is 442 g/mol. The SMILES string of the molecule is Cc1cccc(N2CC(c3nc4ccccc4n3CC(O)COc3ccccc3)CC2=O)c1. The number of imidazole rings is 1. The van der Waals surface area contributed by atoms with Crippen LogP contribution in [0.2, 0.25) is 0 Å². The molecule has 1 saturated heterocycles. The molecule has 6 heteroatoms. The zero-order chi connectivity index (χ0) is 22.8. The van der Waals surface area contributed by atoms with Crippen molar-refractivity contribution in [2.24, 2.45) is 0 Å². The summed E-state index contributed by atoms with van der Waals surface area (Å²) in [6.07, 6.45) is -0.319. The number of hydrogen-bond acceptors (Lipinski definition) is 4. The van der Waals surface area contributed by atoms with E-state index >= 15 is 0 Å². The van der Waals surface area contributed by atoms with Gasteiger partial charge in [-0.15, -0.1) is 0 Å². The maximum Gasteiger partial charge on any atom is 0.227 e. The Morgan fingerprint density at radius 2 is 1.85 bits per heavy atom. The molecule has 1 aliphatic heterocycles. The summed E-state index contributed by atoms with van der Waals surface area (Å²) in [6.45, 7) is 3.12. The molecule has 4 aromatic rings. The van der Waals surface area contributed by atoms with E-state index in [1.807, 2.05) is 95.3 Å². The summed E-state index contributed by atoms with van der Waals surface area (Å²) in [4.78, 5) is 19.6. The van der Waals surface area contributed by atoms with Gasteiger partial charge in [0, 0.05) is 24.6 Å². The Balaban J connectivity index is 1.39. The highest BCUT2D eigenvalue weighted by Gasteiger charge is 2.35. The molecule has 1 amide bonds. The van der Waals surface area contributed by atoms with Crippen LogP contribution in [0.15, 0.2) is 78.9 Å². The largest absolute Gasteiger partial charge is 0.491 e. The second-order valence-corrected chi connectivity index (χ2v) is 8.59. The number of anilines is 1. The van der Waals surface area contributed by atoms with Crippen molar-refractivity contribution in [2.45, 2.75) is 31.9 Å². The van der Waals surface area contributed by atoms with E-state index in [1.54, 1.807) is 0 Å². The highest BCUT2D eigenvalue weighted by atomic mass is 16.5. The first-order valence-corrected chi connectivity index (χ1v) is 11.3. The molecule has 3 aromatic carbocycles. The molecule has 33 heavy (non-hydrogen) atoms. The van der Waals surface area contributed by atoms with Crippen LogP contribution in [0.3, 0.4) is 0 Å². The molecule has 1 N–H and O–H groups in total. The molecule has 0 spiro atoms. The first kappa shape index (κ1) is 21.2. The Bertz CT molecular complexity index is 1270. The lowest BCUT2D eigenvalue weighted by Gasteiger charge is -2.19. The zero-order valence-corrected chi connectivity index (χ0v) is 18.6. The van der Waals surface area contributed by atoms with Crippen LogP contribution in [-0.2, 0) is 11.3 Å². The molecule has 1 aliphatic rings. The Morgan fingerprint density at radius 1 is 1.06 bits per heavy atom. The van der Waals surface area contributed by atoms with E-state index in [2.05, 4.69) is 0 Å². The molecular formula is C27H27N3O3. The highest BCUT2D eigenvalue weighted by Crippen LogP contribution is 2.33. The van der Waals surface area contributed by atoms with Gasteiger partial charge in [-0.25, -0.2) is 4.98 Å². The fraction of sp³-hybridized carbons (Fsp3) is 0.259. The van der Waals surface area contributed by atoms with Crippen LogP contribution in [0.5, 0.6) is 5.75 Å². The summed E-state index contributed by atoms with van der Waals surface area (Å²) in [5.74, 6) is 1.60. The first-order valence-electron chi connectivity index (χ1n) is 11.3. The maximum atomic E-state index is 12.9. The third-order valence-corrected chi connectivity index (χ3v) is 6.07. The Hall–Kier alpha value is -3.64. The molecule has 0 aliphatic carbocycles. The fourth-order valence-electron chi connectivity index (χ4n) is 4.50. The van der Waals surface area contributed by atoms with E-state index in [1.165, 1.54) is 0 Å². The smallest absolute Gasteiger partial charge is 0.227 e. The first-order chi connectivity index (χ1) is 16.1. The van der Waals surface area contributed by atoms with Crippen LogP contribution in [-0.4, -0.2) is 39.8 Å². The topological polar surface area (TPSA) is 67.6 Å². The minimum Gasteiger partial charge on any atom is -0.491 e. The van der Waals surface area contributed by atoms with Crippen molar-refractivity contribution >= 4 is 22.6 Å². The Morgan fingerprint density at radius 3 is 2.67 bits per heavy atom. The molecule has 1 aromatic heterocycles. The Kier molecular flexibility index (Phi) is 5.84. The van der Waals surface area contributed by atoms with E-state index in [0.29, 0.717) is 19.5 Å². The molecule has 2 atom stereocenters. The number of carbonyl (C=O) groups excluding carboxylic acids is 1. The Labute approximate surface area is 193 Å². The number of rotatable bonds is 7. The van der Waals surface area contributed by atoms with E-state index in [0.717, 1.165) is 33.9 Å². The number of ether oxygens (including phenoxy) is 1. The van der Waals surface area contributed by atoms with Crippen molar-refractivity contribution in [3.63, 3.8) is 0 Å². The number of aromatic nitrogens is 2. The summed E-state index contributed by atoms with van der Waals surface area (Å²) < 4.78 is 7.80. The normalized spacial score (nSPS) is 17.0. The molecule has 2 heterocycles. The van der Waals surface area contributed by atoms with Gasteiger partial charge in [0.1, 0.15) is 24.3 Å². The molecule has 6 nitrogen and oxygen atoms in total. The minimum atomic E-state index is -0.716. The van der Waals surface area contributed by atoms with Crippen molar-refractivity contribution in [1.82, 2.24) is 9.55 Å². The van der Waals surface area contributed by atoms with Gasteiger partial charge in [-0.3, -0.25) is 4.79 Å². The number of benzene rings is 3. The summed E-state index contributed by atoms with van der Waals surface area (Å²) >= 11 is 0. The fourth-order valence-corrected chi connectivity index (χ4v) is 4.50. The lowest BCUT2D eigenvalue weighted by atomic mass is 10.1. The molecule has 5 rings (SSSR count). The number of hydrogen-bond donors (Lipinski definition) is 1. The van der Waals surface area contributed by atoms with Gasteiger partial charge in [0.2, 0.25) is 5.91 Å². The van der Waals surface area contributed by atoms with Gasteiger partial charge >= 0.3 is 0 Å². The molecule has 0 saturated carbocycles. The number of nitrogens with zero attached hydrogens (tertiary/aromatic N) is 3. The van der Waals surface area contributed by atoms with Crippen LogP contribution in [0.1, 0.15) is 23.7 Å². The molecule has 168 valence electrons. The maximum absolute atomic E-state index is 12.9. The number of amides is 1. The van der Waals surface area contributed by atoms with Crippen molar-refractivity contribution in [2.75, 3.05) is 18.1 Å². The van der Waals surface area contributed by atoms with Gasteiger partial charge in [0.25, 0.3) is 0 Å². The van der Waals surface area contributed by atoms with Crippen LogP contribution in [0, 0.1) is 6.92 Å². The molecule has 0 bridgehead atoms. The lowest BCUT2D eigenvalue weighted by Crippen LogP contribution is -2.26. The van der Waals surface area contributed by atoms with E-state index in [9.17, 15) is 9.90 Å². The summed E-state index contributed by atoms with van der Waals surface area (Å²) in [5, 5.41) is 10.8. The second kappa shape index (κ2) is 9.08. The lowest BCUT2D eigenvalue weighted by molar-refractivity contribution is -0.117. The second-order valence-electron chi connectivity index (χ2n) is 8.59. The van der Waals surface area contributed by atoms with Crippen LogP contribution in [0.25, 0.3) is 11.0 Å². The highest BCUT2D eigenvalue weighted by molar-refractivity contribution is 5.96. The van der Waals surface area contributed by atoms with Gasteiger partial charge in [-0.2, -0.15) is 0 Å². The molecular weight excluding hydrogens is 414 g/mol. The monoisotopic (exact) mass is 441 g/mol. The van der Waals surface area contributed by atoms with Crippen LogP contribution in [0.4, 0.5) is 5.69 Å². The van der Waals surface area contributed by atoms with Gasteiger partial charge in [0.15, 0.2) is 0 Å². The molecule has 1 fully saturated rings. The zero-order valence-electron chi connectivity index (χ0n) is 18.6. The molecule has 2 unspecified atom stereocenters. The summed E-state index contributed by atoms with van der Waals surface area (Å²) in [5.41, 5.74) is 3.86. The van der Waals surface area contributed by atoms with E-state index in [4.69, 9.17) is 9.72 Å². The third-order valence-electron chi connectivity index (χ3n) is 6.07. The van der Waals surface area contributed by atoms with Gasteiger partial charge in [-0.1, -0.05) is 42.5 Å². The van der Waals surface area contributed by atoms with Crippen molar-refractivity contribution < 1.29 is 14.6 Å². The number of aliphatic hydroxyl groups is 1. The third kappa shape index (κ3) is 4.47. The van der Waals surface area contributed by atoms with Gasteiger partial charge in [-0.05, 0) is 48.9 Å². The van der Waals surface area contributed by atoms with Crippen LogP contribution < -0.4 is 9.64 Å². The number of para-hydroxylation sites is 3. The standard InChI is InChI=1S/C27H27N3O3/c1-19-8-7-9-21(14-19)29-16-20(15-26(29)32)27-28-24-12-5-6-13-25(24)30(27)17-22(31)18-33-23-10-3-2-4-11-23/h2-14,20,22,31H,15-18H2,1H3. The van der Waals surface area contributed by atoms with Crippen molar-refractivity contribution in [3.05, 3.63) is 90.3 Å². The number of carbonyl (C=O) groups is 1. The predicted molar refractivity (Wildman–Crippen MR) is 129 cm³/mol. The number of aryl methyl sites for hydroxylation is 1. The average Bonchev–Trinajstić information content (AvgIpc) is 3.39. The van der Waals surface area contributed by atoms with Crippen molar-refractivity contribution in [3.8, 4) is 5.75 Å².